The molecule has 27 heavy (non-hydrogen) atoms. The highest BCUT2D eigenvalue weighted by Crippen LogP contribution is 2.42. The zero-order valence-corrected chi connectivity index (χ0v) is 16.2. The van der Waals surface area contributed by atoms with Gasteiger partial charge in [-0.25, -0.2) is 4.79 Å². The van der Waals surface area contributed by atoms with E-state index in [4.69, 9.17) is 17.0 Å². The van der Waals surface area contributed by atoms with Gasteiger partial charge in [0, 0.05) is 25.5 Å². The van der Waals surface area contributed by atoms with E-state index in [-0.39, 0.29) is 12.1 Å². The van der Waals surface area contributed by atoms with Gasteiger partial charge in [-0.2, -0.15) is 0 Å². The van der Waals surface area contributed by atoms with E-state index in [1.165, 1.54) is 6.08 Å². The molecule has 2 aromatic rings. The molecular weight excluding hydrogens is 356 g/mol. The molecule has 1 aromatic carbocycles. The number of likely N-dealkylation sites (N-methyl/N-ethyl adjacent to an activating group) is 1. The van der Waals surface area contributed by atoms with E-state index in [1.807, 2.05) is 55.7 Å². The Hall–Kier alpha value is -2.53. The fourth-order valence-electron chi connectivity index (χ4n) is 3.78. The molecule has 3 rings (SSSR count). The molecular formula is C22H24N2O2S. The SMILES string of the molecule is CNC(=S)[C@]1(c2cccnc2)CCCC[C@H]1OC(=O)C=Cc1ccccc1. The molecule has 2 atom stereocenters. The molecule has 5 heteroatoms. The number of carbonyl (C=O) groups is 1. The summed E-state index contributed by atoms with van der Waals surface area (Å²) in [6, 6.07) is 13.6. The molecule has 1 aliphatic carbocycles. The van der Waals surface area contributed by atoms with Crippen molar-refractivity contribution in [1.29, 1.82) is 0 Å². The standard InChI is InChI=1S/C22H24N2O2S/c1-23-21(27)22(18-10-7-15-24-16-18)14-6-5-11-19(22)26-20(25)13-12-17-8-3-2-4-9-17/h2-4,7-10,12-13,15-16,19H,5-6,11,14H2,1H3,(H,23,27)/t19-,22+/m1/s1. The number of carbonyl (C=O) groups excluding carboxylic acids is 1. The minimum Gasteiger partial charge on any atom is -0.458 e. The van der Waals surface area contributed by atoms with Crippen molar-refractivity contribution in [1.82, 2.24) is 10.3 Å². The Bertz CT molecular complexity index is 808. The van der Waals surface area contributed by atoms with Gasteiger partial charge in [0.1, 0.15) is 6.10 Å². The van der Waals surface area contributed by atoms with Gasteiger partial charge in [-0.15, -0.1) is 0 Å². The highest BCUT2D eigenvalue weighted by Gasteiger charge is 2.48. The third-order valence-electron chi connectivity index (χ3n) is 5.12. The van der Waals surface area contributed by atoms with E-state index in [2.05, 4.69) is 10.3 Å². The monoisotopic (exact) mass is 380 g/mol. The lowest BCUT2D eigenvalue weighted by Crippen LogP contribution is -2.53. The quantitative estimate of drug-likeness (QED) is 0.481. The van der Waals surface area contributed by atoms with Crippen LogP contribution in [0.25, 0.3) is 6.08 Å². The minimum atomic E-state index is -0.535. The van der Waals surface area contributed by atoms with E-state index < -0.39 is 5.41 Å². The molecule has 1 heterocycles. The highest BCUT2D eigenvalue weighted by atomic mass is 32.1. The summed E-state index contributed by atoms with van der Waals surface area (Å²) in [5, 5.41) is 3.13. The maximum Gasteiger partial charge on any atom is 0.331 e. The summed E-state index contributed by atoms with van der Waals surface area (Å²) in [7, 11) is 1.82. The Labute approximate surface area is 165 Å². The van der Waals surface area contributed by atoms with Crippen molar-refractivity contribution < 1.29 is 9.53 Å². The number of benzene rings is 1. The fourth-order valence-corrected chi connectivity index (χ4v) is 4.13. The van der Waals surface area contributed by atoms with Crippen LogP contribution in [0.5, 0.6) is 0 Å². The highest BCUT2D eigenvalue weighted by molar-refractivity contribution is 7.80. The number of hydrogen-bond donors (Lipinski definition) is 1. The normalized spacial score (nSPS) is 22.3. The van der Waals surface area contributed by atoms with Crippen molar-refractivity contribution in [3.63, 3.8) is 0 Å². The van der Waals surface area contributed by atoms with Crippen molar-refractivity contribution in [3.8, 4) is 0 Å². The number of hydrogen-bond acceptors (Lipinski definition) is 4. The zero-order chi connectivity index (χ0) is 19.1. The predicted molar refractivity (Wildman–Crippen MR) is 111 cm³/mol. The Balaban J connectivity index is 1.85. The lowest BCUT2D eigenvalue weighted by molar-refractivity contribution is -0.146. The Morgan fingerprint density at radius 2 is 2.07 bits per heavy atom. The van der Waals surface area contributed by atoms with Crippen molar-refractivity contribution >= 4 is 29.3 Å². The summed E-state index contributed by atoms with van der Waals surface area (Å²) in [5.41, 5.74) is 1.42. The predicted octanol–water partition coefficient (Wildman–Crippen LogP) is 4.07. The molecule has 1 fully saturated rings. The molecule has 140 valence electrons. The molecule has 1 aromatic heterocycles. The summed E-state index contributed by atoms with van der Waals surface area (Å²) in [6.45, 7) is 0. The van der Waals surface area contributed by atoms with Crippen molar-refractivity contribution in [3.05, 3.63) is 72.1 Å². The Morgan fingerprint density at radius 3 is 2.78 bits per heavy atom. The van der Waals surface area contributed by atoms with Crippen molar-refractivity contribution in [2.24, 2.45) is 0 Å². The summed E-state index contributed by atoms with van der Waals surface area (Å²) < 4.78 is 5.93. The van der Waals surface area contributed by atoms with Crippen LogP contribution >= 0.6 is 12.2 Å². The molecule has 0 amide bonds. The second-order valence-electron chi connectivity index (χ2n) is 6.71. The molecule has 0 unspecified atom stereocenters. The molecule has 0 spiro atoms. The van der Waals surface area contributed by atoms with E-state index in [1.54, 1.807) is 12.3 Å². The van der Waals surface area contributed by atoms with Gasteiger partial charge in [-0.05, 0) is 42.5 Å². The van der Waals surface area contributed by atoms with Crippen LogP contribution in [0.3, 0.4) is 0 Å². The van der Waals surface area contributed by atoms with E-state index >= 15 is 0 Å². The maximum absolute atomic E-state index is 12.5. The Morgan fingerprint density at radius 1 is 1.26 bits per heavy atom. The molecule has 0 bridgehead atoms. The maximum atomic E-state index is 12.5. The van der Waals surface area contributed by atoms with E-state index in [0.717, 1.165) is 36.8 Å². The average molecular weight is 381 g/mol. The minimum absolute atomic E-state index is 0.316. The van der Waals surface area contributed by atoms with Gasteiger partial charge < -0.3 is 10.1 Å². The van der Waals surface area contributed by atoms with Crippen LogP contribution in [-0.4, -0.2) is 29.1 Å². The molecule has 0 saturated heterocycles. The molecule has 4 nitrogen and oxygen atoms in total. The zero-order valence-electron chi connectivity index (χ0n) is 15.4. The Kier molecular flexibility index (Phi) is 6.35. The van der Waals surface area contributed by atoms with Crippen LogP contribution < -0.4 is 5.32 Å². The van der Waals surface area contributed by atoms with E-state index in [0.29, 0.717) is 4.99 Å². The van der Waals surface area contributed by atoms with Crippen LogP contribution in [0.2, 0.25) is 0 Å². The largest absolute Gasteiger partial charge is 0.458 e. The smallest absolute Gasteiger partial charge is 0.331 e. The van der Waals surface area contributed by atoms with Gasteiger partial charge in [0.25, 0.3) is 0 Å². The third-order valence-corrected chi connectivity index (χ3v) is 5.68. The first-order chi connectivity index (χ1) is 13.2. The number of nitrogens with one attached hydrogen (secondary N) is 1. The lowest BCUT2D eigenvalue weighted by Gasteiger charge is -2.43. The third kappa shape index (κ3) is 4.25. The van der Waals surface area contributed by atoms with Crippen LogP contribution in [0, 0.1) is 0 Å². The number of ether oxygens (including phenoxy) is 1. The van der Waals surface area contributed by atoms with Crippen molar-refractivity contribution in [2.75, 3.05) is 7.05 Å². The van der Waals surface area contributed by atoms with E-state index in [9.17, 15) is 4.79 Å². The second kappa shape index (κ2) is 8.91. The summed E-state index contributed by atoms with van der Waals surface area (Å²) in [6.07, 6.45) is 10.2. The number of nitrogens with zero attached hydrogens (tertiary/aromatic N) is 1. The number of aromatic nitrogens is 1. The average Bonchev–Trinajstić information content (AvgIpc) is 2.73. The number of thiocarbonyl (C=S) groups is 1. The van der Waals surface area contributed by atoms with Crippen molar-refractivity contribution in [2.45, 2.75) is 37.2 Å². The molecule has 1 aliphatic rings. The summed E-state index contributed by atoms with van der Waals surface area (Å²) in [5.74, 6) is -0.349. The van der Waals surface area contributed by atoms with Crippen LogP contribution in [0.15, 0.2) is 60.9 Å². The first kappa shape index (κ1) is 19.2. The van der Waals surface area contributed by atoms with Crippen LogP contribution in [-0.2, 0) is 14.9 Å². The lowest BCUT2D eigenvalue weighted by atomic mass is 9.67. The molecule has 0 radical (unpaired) electrons. The number of esters is 1. The van der Waals surface area contributed by atoms with Crippen LogP contribution in [0.1, 0.15) is 36.8 Å². The summed E-state index contributed by atoms with van der Waals surface area (Å²) in [4.78, 5) is 17.5. The summed E-state index contributed by atoms with van der Waals surface area (Å²) >= 11 is 5.69. The first-order valence-corrected chi connectivity index (χ1v) is 9.64. The van der Waals surface area contributed by atoms with Gasteiger partial charge in [0.15, 0.2) is 0 Å². The van der Waals surface area contributed by atoms with Crippen LogP contribution in [0.4, 0.5) is 0 Å². The molecule has 0 aliphatic heterocycles. The van der Waals surface area contributed by atoms with Gasteiger partial charge >= 0.3 is 5.97 Å². The topological polar surface area (TPSA) is 51.2 Å². The molecule has 1 N–H and O–H groups in total. The fraction of sp³-hybridized carbons (Fsp3) is 0.318. The second-order valence-corrected chi connectivity index (χ2v) is 7.12. The molecule has 1 saturated carbocycles. The number of rotatable bonds is 5. The van der Waals surface area contributed by atoms with Gasteiger partial charge in [-0.1, -0.05) is 55.0 Å². The van der Waals surface area contributed by atoms with Gasteiger partial charge in [0.05, 0.1) is 10.4 Å². The van der Waals surface area contributed by atoms with Gasteiger partial charge in [0.2, 0.25) is 0 Å². The first-order valence-electron chi connectivity index (χ1n) is 9.23. The van der Waals surface area contributed by atoms with Gasteiger partial charge in [-0.3, -0.25) is 4.98 Å². The number of pyridine rings is 1.